The third kappa shape index (κ3) is 4.13. The summed E-state index contributed by atoms with van der Waals surface area (Å²) in [6, 6.07) is 0. The number of imide groups is 1. The average Bonchev–Trinajstić information content (AvgIpc) is 2.61. The molecular formula is C10H16N2O6. The maximum absolute atomic E-state index is 11.2. The largest absolute Gasteiger partial charge is 0.360 e. The average molecular weight is 260 g/mol. The zero-order chi connectivity index (χ0) is 13.5. The van der Waals surface area contributed by atoms with Gasteiger partial charge >= 0.3 is 5.97 Å². The highest BCUT2D eigenvalue weighted by atomic mass is 16.7. The molecule has 8 heteroatoms. The zero-order valence-electron chi connectivity index (χ0n) is 9.93. The third-order valence-electron chi connectivity index (χ3n) is 2.03. The van der Waals surface area contributed by atoms with E-state index in [0.29, 0.717) is 11.6 Å². The van der Waals surface area contributed by atoms with E-state index in [-0.39, 0.29) is 26.8 Å². The van der Waals surface area contributed by atoms with Gasteiger partial charge in [0.15, 0.2) is 0 Å². The molecule has 1 heterocycles. The molecule has 1 rings (SSSR count). The number of carbonyl (C=O) groups excluding carboxylic acids is 4. The van der Waals surface area contributed by atoms with Crippen LogP contribution in [0, 0.1) is 0 Å². The number of ether oxygens (including phenoxy) is 1. The number of likely N-dealkylation sites (N-methyl/N-ethyl adjacent to an activating group) is 1. The van der Waals surface area contributed by atoms with Gasteiger partial charge in [0.05, 0.1) is 0 Å². The van der Waals surface area contributed by atoms with Crippen molar-refractivity contribution >= 4 is 23.7 Å². The lowest BCUT2D eigenvalue weighted by Gasteiger charge is -2.12. The van der Waals surface area contributed by atoms with Crippen LogP contribution in [0.1, 0.15) is 21.2 Å². The number of nitrogens with zero attached hydrogens (tertiary/aromatic N) is 1. The van der Waals surface area contributed by atoms with Crippen LogP contribution in [0.15, 0.2) is 0 Å². The normalized spacial score (nSPS) is 14.8. The molecule has 1 saturated heterocycles. The predicted octanol–water partition coefficient (Wildman–Crippen LogP) is -1.01. The topological polar surface area (TPSA) is 102 Å². The lowest BCUT2D eigenvalue weighted by atomic mass is 10.4. The van der Waals surface area contributed by atoms with Crippen molar-refractivity contribution in [1.82, 2.24) is 10.4 Å². The van der Waals surface area contributed by atoms with Crippen molar-refractivity contribution in [3.05, 3.63) is 0 Å². The van der Waals surface area contributed by atoms with E-state index in [1.54, 1.807) is 6.92 Å². The van der Waals surface area contributed by atoms with Crippen LogP contribution in [-0.2, 0) is 28.8 Å². The summed E-state index contributed by atoms with van der Waals surface area (Å²) in [5.74, 6) is -2.38. The second-order valence-corrected chi connectivity index (χ2v) is 3.49. The van der Waals surface area contributed by atoms with Crippen LogP contribution in [0.25, 0.3) is 0 Å². The smallest absolute Gasteiger partial charge is 0.358 e. The molecule has 0 unspecified atom stereocenters. The second kappa shape index (κ2) is 6.70. The fourth-order valence-electron chi connectivity index (χ4n) is 1.26. The molecule has 102 valence electrons. The summed E-state index contributed by atoms with van der Waals surface area (Å²) >= 11 is 0. The number of hydrogen-bond donors (Lipinski definition) is 1. The summed E-state index contributed by atoms with van der Waals surface area (Å²) in [4.78, 5) is 48.9. The molecule has 0 aliphatic carbocycles. The summed E-state index contributed by atoms with van der Waals surface area (Å²) in [6.45, 7) is 1.42. The predicted molar refractivity (Wildman–Crippen MR) is 58.8 cm³/mol. The number of hydroxylamine groups is 2. The van der Waals surface area contributed by atoms with Crippen LogP contribution >= 0.6 is 0 Å². The SMILES string of the molecule is CCNC(=O)COCC(=O)ON1C(=O)CCC1=O.[HH]. The molecule has 0 aromatic rings. The molecule has 3 amide bonds. The van der Waals surface area contributed by atoms with Crippen LogP contribution in [0.4, 0.5) is 0 Å². The highest BCUT2D eigenvalue weighted by Crippen LogP contribution is 2.11. The highest BCUT2D eigenvalue weighted by Gasteiger charge is 2.32. The minimum atomic E-state index is -0.900. The van der Waals surface area contributed by atoms with E-state index < -0.39 is 24.4 Å². The Kier molecular flexibility index (Phi) is 5.25. The first-order chi connectivity index (χ1) is 8.54. The molecule has 0 aromatic carbocycles. The quantitative estimate of drug-likeness (QED) is 0.614. The number of hydrogen-bond acceptors (Lipinski definition) is 6. The van der Waals surface area contributed by atoms with E-state index in [2.05, 4.69) is 10.2 Å². The van der Waals surface area contributed by atoms with E-state index in [1.807, 2.05) is 0 Å². The minimum Gasteiger partial charge on any atom is -0.360 e. The fraction of sp³-hybridized carbons (Fsp3) is 0.600. The lowest BCUT2D eigenvalue weighted by molar-refractivity contribution is -0.200. The summed E-state index contributed by atoms with van der Waals surface area (Å²) in [5, 5.41) is 2.90. The van der Waals surface area contributed by atoms with Crippen molar-refractivity contribution in [1.29, 1.82) is 0 Å². The lowest BCUT2D eigenvalue weighted by Crippen LogP contribution is -2.34. The molecular weight excluding hydrogens is 244 g/mol. The molecule has 8 nitrogen and oxygen atoms in total. The Hall–Kier alpha value is -1.96. The summed E-state index contributed by atoms with van der Waals surface area (Å²) in [7, 11) is 0. The van der Waals surface area contributed by atoms with E-state index in [1.165, 1.54) is 0 Å². The Morgan fingerprint density at radius 2 is 1.89 bits per heavy atom. The Labute approximate surface area is 105 Å². The van der Waals surface area contributed by atoms with Gasteiger partial charge in [-0.2, -0.15) is 0 Å². The molecule has 18 heavy (non-hydrogen) atoms. The van der Waals surface area contributed by atoms with Crippen molar-refractivity contribution < 1.29 is 30.2 Å². The highest BCUT2D eigenvalue weighted by molar-refractivity contribution is 6.01. The monoisotopic (exact) mass is 260 g/mol. The number of rotatable bonds is 6. The first kappa shape index (κ1) is 14.1. The van der Waals surface area contributed by atoms with Gasteiger partial charge in [0.1, 0.15) is 13.2 Å². The van der Waals surface area contributed by atoms with E-state index in [0.717, 1.165) is 0 Å². The van der Waals surface area contributed by atoms with E-state index in [9.17, 15) is 19.2 Å². The maximum Gasteiger partial charge on any atom is 0.358 e. The summed E-state index contributed by atoms with van der Waals surface area (Å²) < 4.78 is 4.75. The molecule has 0 atom stereocenters. The molecule has 1 N–H and O–H groups in total. The fourth-order valence-corrected chi connectivity index (χ4v) is 1.26. The van der Waals surface area contributed by atoms with Gasteiger partial charge < -0.3 is 14.9 Å². The van der Waals surface area contributed by atoms with Gasteiger partial charge in [-0.15, -0.1) is 5.06 Å². The maximum atomic E-state index is 11.2. The Morgan fingerprint density at radius 3 is 2.44 bits per heavy atom. The molecule has 1 aliphatic heterocycles. The molecule has 1 fully saturated rings. The molecule has 0 radical (unpaired) electrons. The van der Waals surface area contributed by atoms with Crippen molar-refractivity contribution in [2.45, 2.75) is 19.8 Å². The van der Waals surface area contributed by atoms with Crippen molar-refractivity contribution in [2.24, 2.45) is 0 Å². The van der Waals surface area contributed by atoms with Gasteiger partial charge in [0.25, 0.3) is 11.8 Å². The minimum absolute atomic E-state index is 0. The summed E-state index contributed by atoms with van der Waals surface area (Å²) in [6.07, 6.45) is 0.0672. The van der Waals surface area contributed by atoms with Gasteiger partial charge in [-0.1, -0.05) is 0 Å². The van der Waals surface area contributed by atoms with Crippen LogP contribution in [0.5, 0.6) is 0 Å². The second-order valence-electron chi connectivity index (χ2n) is 3.49. The molecule has 0 saturated carbocycles. The number of carbonyl (C=O) groups is 4. The summed E-state index contributed by atoms with van der Waals surface area (Å²) in [5.41, 5.74) is 0. The molecule has 1 aliphatic rings. The van der Waals surface area contributed by atoms with Crippen molar-refractivity contribution in [3.8, 4) is 0 Å². The van der Waals surface area contributed by atoms with E-state index >= 15 is 0 Å². The van der Waals surface area contributed by atoms with Gasteiger partial charge in [0, 0.05) is 20.8 Å². The zero-order valence-corrected chi connectivity index (χ0v) is 9.93. The first-order valence-corrected chi connectivity index (χ1v) is 5.45. The molecule has 0 bridgehead atoms. The van der Waals surface area contributed by atoms with Crippen LogP contribution < -0.4 is 5.32 Å². The Bertz CT molecular complexity index is 357. The van der Waals surface area contributed by atoms with Gasteiger partial charge in [-0.05, 0) is 6.92 Å². The number of nitrogens with one attached hydrogen (secondary N) is 1. The van der Waals surface area contributed by atoms with Gasteiger partial charge in [0.2, 0.25) is 5.91 Å². The van der Waals surface area contributed by atoms with Crippen molar-refractivity contribution in [3.63, 3.8) is 0 Å². The number of amides is 3. The van der Waals surface area contributed by atoms with Gasteiger partial charge in [-0.25, -0.2) is 4.79 Å². The van der Waals surface area contributed by atoms with E-state index in [4.69, 9.17) is 4.74 Å². The van der Waals surface area contributed by atoms with Crippen LogP contribution in [0.2, 0.25) is 0 Å². The molecule has 0 spiro atoms. The van der Waals surface area contributed by atoms with Gasteiger partial charge in [-0.3, -0.25) is 14.4 Å². The molecule has 0 aromatic heterocycles. The Balaban J connectivity index is 0.00000324. The van der Waals surface area contributed by atoms with Crippen molar-refractivity contribution in [2.75, 3.05) is 19.8 Å². The van der Waals surface area contributed by atoms with Crippen LogP contribution in [-0.4, -0.2) is 48.5 Å². The van der Waals surface area contributed by atoms with Crippen LogP contribution in [0.3, 0.4) is 0 Å². The Morgan fingerprint density at radius 1 is 1.28 bits per heavy atom. The standard InChI is InChI=1S/C10H14N2O6.H2/c1-2-11-7(13)5-17-6-10(16)18-12-8(14)3-4-9(12)15;/h2-6H2,1H3,(H,11,13);1H. The first-order valence-electron chi connectivity index (χ1n) is 5.45. The third-order valence-corrected chi connectivity index (χ3v) is 2.03.